The molecule has 0 aliphatic carbocycles. The Labute approximate surface area is 135 Å². The maximum atomic E-state index is 13.9. The molecule has 0 atom stereocenters. The molecule has 0 saturated heterocycles. The van der Waals surface area contributed by atoms with E-state index in [2.05, 4.69) is 22.6 Å². The number of ether oxygens (including phenoxy) is 2. The Hall–Kier alpha value is -1.83. The molecule has 2 aromatic carbocycles. The summed E-state index contributed by atoms with van der Waals surface area (Å²) in [7, 11) is 0. The number of rotatable bonds is 4. The third kappa shape index (κ3) is 3.84. The molecule has 0 bridgehead atoms. The number of anilines is 1. The molecule has 2 rings (SSSR count). The number of nitrogens with two attached hydrogens (primary N) is 1. The number of carbonyl (C=O) groups is 1. The number of hydrogen-bond acceptors (Lipinski definition) is 4. The SMILES string of the molecule is CCOC(=O)c1cc(Oc2cccc(I)c2)c(F)cc1N. The van der Waals surface area contributed by atoms with Crippen molar-refractivity contribution in [3.05, 3.63) is 51.3 Å². The van der Waals surface area contributed by atoms with Crippen molar-refractivity contribution in [1.29, 1.82) is 0 Å². The second-order valence-corrected chi connectivity index (χ2v) is 5.40. The molecule has 21 heavy (non-hydrogen) atoms. The van der Waals surface area contributed by atoms with Crippen LogP contribution in [0.3, 0.4) is 0 Å². The largest absolute Gasteiger partial charge is 0.462 e. The molecule has 2 N–H and O–H groups in total. The Kier molecular flexibility index (Phi) is 5.00. The second-order valence-electron chi connectivity index (χ2n) is 4.15. The van der Waals surface area contributed by atoms with Crippen LogP contribution < -0.4 is 10.5 Å². The van der Waals surface area contributed by atoms with Gasteiger partial charge in [0.15, 0.2) is 11.6 Å². The number of nitrogen functional groups attached to an aromatic ring is 1. The van der Waals surface area contributed by atoms with Gasteiger partial charge in [0.1, 0.15) is 5.75 Å². The highest BCUT2D eigenvalue weighted by Crippen LogP contribution is 2.29. The molecule has 0 radical (unpaired) electrons. The van der Waals surface area contributed by atoms with E-state index in [1.165, 1.54) is 6.07 Å². The van der Waals surface area contributed by atoms with Gasteiger partial charge in [0, 0.05) is 21.4 Å². The van der Waals surface area contributed by atoms with Crippen LogP contribution in [0.4, 0.5) is 10.1 Å². The van der Waals surface area contributed by atoms with Crippen molar-refractivity contribution in [2.24, 2.45) is 0 Å². The van der Waals surface area contributed by atoms with Crippen LogP contribution in [0.5, 0.6) is 11.5 Å². The van der Waals surface area contributed by atoms with Gasteiger partial charge in [0.2, 0.25) is 0 Å². The molecule has 6 heteroatoms. The van der Waals surface area contributed by atoms with Gasteiger partial charge < -0.3 is 15.2 Å². The summed E-state index contributed by atoms with van der Waals surface area (Å²) in [5.74, 6) is -0.850. The zero-order valence-electron chi connectivity index (χ0n) is 11.2. The summed E-state index contributed by atoms with van der Waals surface area (Å²) in [5, 5.41) is 0. The minimum absolute atomic E-state index is 0.0148. The van der Waals surface area contributed by atoms with Crippen LogP contribution in [-0.2, 0) is 4.74 Å². The van der Waals surface area contributed by atoms with Crippen molar-refractivity contribution in [3.63, 3.8) is 0 Å². The summed E-state index contributed by atoms with van der Waals surface area (Å²) in [6.45, 7) is 1.89. The number of carbonyl (C=O) groups excluding carboxylic acids is 1. The highest BCUT2D eigenvalue weighted by molar-refractivity contribution is 14.1. The number of hydrogen-bond donors (Lipinski definition) is 1. The lowest BCUT2D eigenvalue weighted by molar-refractivity contribution is 0.0527. The molecule has 2 aromatic rings. The van der Waals surface area contributed by atoms with Crippen molar-refractivity contribution in [2.45, 2.75) is 6.92 Å². The number of esters is 1. The Balaban J connectivity index is 2.35. The summed E-state index contributed by atoms with van der Waals surface area (Å²) in [6, 6.07) is 9.43. The maximum Gasteiger partial charge on any atom is 0.340 e. The zero-order chi connectivity index (χ0) is 15.4. The second kappa shape index (κ2) is 6.75. The molecule has 0 aliphatic rings. The highest BCUT2D eigenvalue weighted by atomic mass is 127. The molecule has 0 saturated carbocycles. The van der Waals surface area contributed by atoms with E-state index >= 15 is 0 Å². The van der Waals surface area contributed by atoms with Crippen LogP contribution in [0.15, 0.2) is 36.4 Å². The van der Waals surface area contributed by atoms with Gasteiger partial charge in [-0.25, -0.2) is 9.18 Å². The van der Waals surface area contributed by atoms with E-state index in [1.54, 1.807) is 25.1 Å². The lowest BCUT2D eigenvalue weighted by atomic mass is 10.1. The van der Waals surface area contributed by atoms with Crippen molar-refractivity contribution in [1.82, 2.24) is 0 Å². The van der Waals surface area contributed by atoms with Crippen molar-refractivity contribution in [2.75, 3.05) is 12.3 Å². The van der Waals surface area contributed by atoms with E-state index in [1.807, 2.05) is 6.07 Å². The van der Waals surface area contributed by atoms with Crippen molar-refractivity contribution >= 4 is 34.2 Å². The quantitative estimate of drug-likeness (QED) is 0.478. The van der Waals surface area contributed by atoms with Gasteiger partial charge in [-0.2, -0.15) is 0 Å². The average Bonchev–Trinajstić information content (AvgIpc) is 2.42. The standard InChI is InChI=1S/C15H13FINO3/c1-2-20-15(19)11-7-14(12(16)8-13(11)18)21-10-5-3-4-9(17)6-10/h3-8H,2,18H2,1H3. The first-order valence-corrected chi connectivity index (χ1v) is 7.28. The fourth-order valence-electron chi connectivity index (χ4n) is 1.69. The van der Waals surface area contributed by atoms with Gasteiger partial charge in [0.05, 0.1) is 12.2 Å². The monoisotopic (exact) mass is 401 g/mol. The first kappa shape index (κ1) is 15.6. The Morgan fingerprint density at radius 2 is 2.10 bits per heavy atom. The third-order valence-electron chi connectivity index (χ3n) is 2.62. The van der Waals surface area contributed by atoms with Crippen LogP contribution in [0.25, 0.3) is 0 Å². The molecule has 110 valence electrons. The highest BCUT2D eigenvalue weighted by Gasteiger charge is 2.16. The molecule has 0 fully saturated rings. The summed E-state index contributed by atoms with van der Waals surface area (Å²) >= 11 is 2.12. The Morgan fingerprint density at radius 1 is 1.33 bits per heavy atom. The van der Waals surface area contributed by atoms with Crippen molar-refractivity contribution < 1.29 is 18.7 Å². The van der Waals surface area contributed by atoms with Crippen LogP contribution in [0, 0.1) is 9.39 Å². The summed E-state index contributed by atoms with van der Waals surface area (Å²) in [5.41, 5.74) is 5.74. The van der Waals surface area contributed by atoms with Crippen molar-refractivity contribution in [3.8, 4) is 11.5 Å². The van der Waals surface area contributed by atoms with Gasteiger partial charge in [-0.3, -0.25) is 0 Å². The van der Waals surface area contributed by atoms with E-state index < -0.39 is 11.8 Å². The lowest BCUT2D eigenvalue weighted by Crippen LogP contribution is -2.09. The predicted molar refractivity (Wildman–Crippen MR) is 86.0 cm³/mol. The molecule has 0 amide bonds. The van der Waals surface area contributed by atoms with Gasteiger partial charge >= 0.3 is 5.97 Å². The normalized spacial score (nSPS) is 10.2. The lowest BCUT2D eigenvalue weighted by Gasteiger charge is -2.11. The van der Waals surface area contributed by atoms with Crippen LogP contribution in [0.2, 0.25) is 0 Å². The maximum absolute atomic E-state index is 13.9. The topological polar surface area (TPSA) is 61.5 Å². The molecule has 0 spiro atoms. The first-order chi connectivity index (χ1) is 10.0. The Bertz CT molecular complexity index is 676. The molecule has 0 heterocycles. The predicted octanol–water partition coefficient (Wildman–Crippen LogP) is 3.98. The van der Waals surface area contributed by atoms with Crippen LogP contribution >= 0.6 is 22.6 Å². The molecule has 0 aromatic heterocycles. The van der Waals surface area contributed by atoms with E-state index in [-0.39, 0.29) is 23.6 Å². The first-order valence-electron chi connectivity index (χ1n) is 6.20. The van der Waals surface area contributed by atoms with E-state index in [9.17, 15) is 9.18 Å². The molecular weight excluding hydrogens is 388 g/mol. The van der Waals surface area contributed by atoms with E-state index in [4.69, 9.17) is 15.2 Å². The van der Waals surface area contributed by atoms with Gasteiger partial charge in [0.25, 0.3) is 0 Å². The molecule has 0 unspecified atom stereocenters. The summed E-state index contributed by atoms with van der Waals surface area (Å²) in [6.07, 6.45) is 0. The van der Waals surface area contributed by atoms with E-state index in [0.29, 0.717) is 5.75 Å². The average molecular weight is 401 g/mol. The number of benzene rings is 2. The van der Waals surface area contributed by atoms with Gasteiger partial charge in [-0.15, -0.1) is 0 Å². The summed E-state index contributed by atoms with van der Waals surface area (Å²) < 4.78 is 25.2. The molecular formula is C15H13FINO3. The fraction of sp³-hybridized carbons (Fsp3) is 0.133. The van der Waals surface area contributed by atoms with Gasteiger partial charge in [-0.05, 0) is 47.7 Å². The van der Waals surface area contributed by atoms with Crippen LogP contribution in [-0.4, -0.2) is 12.6 Å². The smallest absolute Gasteiger partial charge is 0.340 e. The minimum Gasteiger partial charge on any atom is -0.462 e. The fourth-order valence-corrected chi connectivity index (χ4v) is 2.20. The van der Waals surface area contributed by atoms with E-state index in [0.717, 1.165) is 9.64 Å². The number of halogens is 2. The Morgan fingerprint density at radius 3 is 2.76 bits per heavy atom. The molecule has 0 aliphatic heterocycles. The summed E-state index contributed by atoms with van der Waals surface area (Å²) in [4.78, 5) is 11.8. The third-order valence-corrected chi connectivity index (χ3v) is 3.29. The van der Waals surface area contributed by atoms with Gasteiger partial charge in [-0.1, -0.05) is 6.07 Å². The van der Waals surface area contributed by atoms with Crippen LogP contribution in [0.1, 0.15) is 17.3 Å². The zero-order valence-corrected chi connectivity index (χ0v) is 13.4. The minimum atomic E-state index is -0.639. The molecule has 4 nitrogen and oxygen atoms in total.